The van der Waals surface area contributed by atoms with E-state index in [2.05, 4.69) is 5.32 Å². The molecule has 2 rings (SSSR count). The second-order valence-corrected chi connectivity index (χ2v) is 8.40. The fourth-order valence-electron chi connectivity index (χ4n) is 3.29. The molecule has 1 fully saturated rings. The van der Waals surface area contributed by atoms with Crippen LogP contribution in [-0.4, -0.2) is 48.0 Å². The summed E-state index contributed by atoms with van der Waals surface area (Å²) in [6, 6.07) is 9.40. The number of hydrogen-bond acceptors (Lipinski definition) is 6. The number of rotatable bonds is 6. The van der Waals surface area contributed by atoms with Gasteiger partial charge in [-0.2, -0.15) is 5.06 Å². The first-order valence-electron chi connectivity index (χ1n) is 9.65. The number of esters is 1. The van der Waals surface area contributed by atoms with E-state index in [0.29, 0.717) is 13.0 Å². The number of alkyl carbamates (subject to hydrolysis) is 1. The highest BCUT2D eigenvalue weighted by Crippen LogP contribution is 2.29. The summed E-state index contributed by atoms with van der Waals surface area (Å²) in [5, 5.41) is 4.75. The van der Waals surface area contributed by atoms with Gasteiger partial charge in [-0.05, 0) is 32.3 Å². The monoisotopic (exact) mass is 392 g/mol. The van der Waals surface area contributed by atoms with Crippen LogP contribution in [0.4, 0.5) is 4.79 Å². The van der Waals surface area contributed by atoms with Gasteiger partial charge in [-0.1, -0.05) is 44.2 Å². The van der Waals surface area contributed by atoms with Gasteiger partial charge in [-0.25, -0.2) is 9.59 Å². The Balaban J connectivity index is 2.20. The molecule has 0 saturated carbocycles. The predicted molar refractivity (Wildman–Crippen MR) is 105 cm³/mol. The van der Waals surface area contributed by atoms with Crippen LogP contribution < -0.4 is 5.32 Å². The van der Waals surface area contributed by atoms with Gasteiger partial charge in [0.05, 0.1) is 19.2 Å². The van der Waals surface area contributed by atoms with E-state index >= 15 is 0 Å². The lowest BCUT2D eigenvalue weighted by molar-refractivity contribution is -0.193. The Morgan fingerprint density at radius 3 is 2.43 bits per heavy atom. The van der Waals surface area contributed by atoms with Crippen LogP contribution in [0.3, 0.4) is 0 Å². The maximum atomic E-state index is 12.4. The molecule has 0 spiro atoms. The standard InChI is InChI=1S/C21H32N2O5/c1-14(2)18(22-20(25)27-21(3,4)5)16-12-17(19(24)26-6)28-23(16)13-15-10-8-7-9-11-15/h7-11,14,16-18H,12-13H2,1-6H3,(H,22,25)/t16-,17-,18-/m0/s1. The quantitative estimate of drug-likeness (QED) is 0.749. The molecule has 0 aliphatic carbocycles. The molecule has 1 saturated heterocycles. The van der Waals surface area contributed by atoms with Crippen LogP contribution in [0.25, 0.3) is 0 Å². The van der Waals surface area contributed by atoms with E-state index in [9.17, 15) is 9.59 Å². The Labute approximate surface area is 167 Å². The number of nitrogens with zero attached hydrogens (tertiary/aromatic N) is 1. The van der Waals surface area contributed by atoms with E-state index in [1.54, 1.807) is 5.06 Å². The molecule has 3 atom stereocenters. The number of hydrogen-bond donors (Lipinski definition) is 1. The first-order valence-corrected chi connectivity index (χ1v) is 9.65. The number of hydroxylamine groups is 2. The zero-order valence-electron chi connectivity index (χ0n) is 17.6. The number of carbonyl (C=O) groups excluding carboxylic acids is 2. The Morgan fingerprint density at radius 2 is 1.89 bits per heavy atom. The van der Waals surface area contributed by atoms with Crippen LogP contribution in [0.2, 0.25) is 0 Å². The molecular weight excluding hydrogens is 360 g/mol. The van der Waals surface area contributed by atoms with Crippen LogP contribution in [0, 0.1) is 5.92 Å². The first-order chi connectivity index (χ1) is 13.1. The predicted octanol–water partition coefficient (Wildman–Crippen LogP) is 3.28. The fourth-order valence-corrected chi connectivity index (χ4v) is 3.29. The Kier molecular flexibility index (Phi) is 7.43. The minimum absolute atomic E-state index is 0.107. The Hall–Kier alpha value is -2.12. The number of benzene rings is 1. The molecule has 28 heavy (non-hydrogen) atoms. The lowest BCUT2D eigenvalue weighted by Crippen LogP contribution is -2.52. The van der Waals surface area contributed by atoms with E-state index in [0.717, 1.165) is 5.56 Å². The molecule has 1 N–H and O–H groups in total. The molecule has 0 radical (unpaired) electrons. The van der Waals surface area contributed by atoms with Gasteiger partial charge in [0.1, 0.15) is 5.60 Å². The number of ether oxygens (including phenoxy) is 2. The number of nitrogens with one attached hydrogen (secondary N) is 1. The third-order valence-electron chi connectivity index (χ3n) is 4.55. The van der Waals surface area contributed by atoms with Gasteiger partial charge >= 0.3 is 12.1 Å². The van der Waals surface area contributed by atoms with E-state index in [-0.39, 0.29) is 18.0 Å². The highest BCUT2D eigenvalue weighted by molar-refractivity contribution is 5.75. The topological polar surface area (TPSA) is 77.1 Å². The third kappa shape index (κ3) is 6.21. The first kappa shape index (κ1) is 22.2. The Morgan fingerprint density at radius 1 is 1.25 bits per heavy atom. The van der Waals surface area contributed by atoms with Crippen molar-refractivity contribution < 1.29 is 23.9 Å². The normalized spacial score (nSPS) is 21.4. The molecule has 1 aliphatic rings. The molecule has 0 unspecified atom stereocenters. The van der Waals surface area contributed by atoms with Crippen molar-refractivity contribution in [3.05, 3.63) is 35.9 Å². The second-order valence-electron chi connectivity index (χ2n) is 8.40. The summed E-state index contributed by atoms with van der Waals surface area (Å²) in [4.78, 5) is 30.4. The van der Waals surface area contributed by atoms with E-state index in [1.165, 1.54) is 7.11 Å². The summed E-state index contributed by atoms with van der Waals surface area (Å²) in [5.41, 5.74) is 0.466. The van der Waals surface area contributed by atoms with Crippen molar-refractivity contribution in [2.45, 2.75) is 71.4 Å². The molecule has 7 nitrogen and oxygen atoms in total. The zero-order valence-corrected chi connectivity index (χ0v) is 17.6. The van der Waals surface area contributed by atoms with Crippen molar-refractivity contribution in [1.82, 2.24) is 10.4 Å². The van der Waals surface area contributed by atoms with Gasteiger partial charge in [0.15, 0.2) is 6.10 Å². The summed E-state index contributed by atoms with van der Waals surface area (Å²) >= 11 is 0. The van der Waals surface area contributed by atoms with Gasteiger partial charge in [-0.3, -0.25) is 4.84 Å². The van der Waals surface area contributed by atoms with Crippen LogP contribution in [0.1, 0.15) is 46.6 Å². The second kappa shape index (κ2) is 9.39. The summed E-state index contributed by atoms with van der Waals surface area (Å²) in [7, 11) is 1.35. The zero-order chi connectivity index (χ0) is 20.9. The average Bonchev–Trinajstić information content (AvgIpc) is 3.01. The SMILES string of the molecule is COC(=O)[C@@H]1C[C@@H]([C@@H](NC(=O)OC(C)(C)C)C(C)C)N(Cc2ccccc2)O1. The Bertz CT molecular complexity index is 657. The fraction of sp³-hybridized carbons (Fsp3) is 0.619. The summed E-state index contributed by atoms with van der Waals surface area (Å²) in [5.74, 6) is -0.309. The molecule has 1 heterocycles. The van der Waals surface area contributed by atoms with Gasteiger partial charge in [0, 0.05) is 13.0 Å². The van der Waals surface area contributed by atoms with E-state index < -0.39 is 23.8 Å². The van der Waals surface area contributed by atoms with Crippen LogP contribution in [0.5, 0.6) is 0 Å². The molecule has 1 aromatic carbocycles. The van der Waals surface area contributed by atoms with Gasteiger partial charge in [0.2, 0.25) is 0 Å². The molecule has 7 heteroatoms. The van der Waals surface area contributed by atoms with Gasteiger partial charge in [-0.15, -0.1) is 0 Å². The lowest BCUT2D eigenvalue weighted by atomic mass is 9.92. The van der Waals surface area contributed by atoms with E-state index in [4.69, 9.17) is 14.3 Å². The lowest BCUT2D eigenvalue weighted by Gasteiger charge is -2.33. The molecule has 1 aliphatic heterocycles. The van der Waals surface area contributed by atoms with Crippen molar-refractivity contribution in [2.24, 2.45) is 5.92 Å². The summed E-state index contributed by atoms with van der Waals surface area (Å²) in [6.07, 6.45) is -0.745. The largest absolute Gasteiger partial charge is 0.467 e. The average molecular weight is 392 g/mol. The van der Waals surface area contributed by atoms with Crippen LogP contribution >= 0.6 is 0 Å². The van der Waals surface area contributed by atoms with Gasteiger partial charge in [0.25, 0.3) is 0 Å². The highest BCUT2D eigenvalue weighted by atomic mass is 16.7. The van der Waals surface area contributed by atoms with Crippen molar-refractivity contribution in [1.29, 1.82) is 0 Å². The maximum Gasteiger partial charge on any atom is 0.407 e. The smallest absolute Gasteiger partial charge is 0.407 e. The maximum absolute atomic E-state index is 12.4. The van der Waals surface area contributed by atoms with Crippen molar-refractivity contribution in [3.63, 3.8) is 0 Å². The minimum Gasteiger partial charge on any atom is -0.467 e. The summed E-state index contributed by atoms with van der Waals surface area (Å²) in [6.45, 7) is 10.0. The molecular formula is C21H32N2O5. The highest BCUT2D eigenvalue weighted by Gasteiger charge is 2.44. The number of methoxy groups -OCH3 is 1. The third-order valence-corrected chi connectivity index (χ3v) is 4.55. The number of amides is 1. The minimum atomic E-state index is -0.694. The summed E-state index contributed by atoms with van der Waals surface area (Å²) < 4.78 is 10.3. The van der Waals surface area contributed by atoms with Crippen molar-refractivity contribution in [3.8, 4) is 0 Å². The number of carbonyl (C=O) groups is 2. The van der Waals surface area contributed by atoms with Gasteiger partial charge < -0.3 is 14.8 Å². The molecule has 156 valence electrons. The molecule has 1 amide bonds. The molecule has 0 aromatic heterocycles. The van der Waals surface area contributed by atoms with Crippen LogP contribution in [-0.2, 0) is 25.7 Å². The van der Waals surface area contributed by atoms with Crippen LogP contribution in [0.15, 0.2) is 30.3 Å². The molecule has 1 aromatic rings. The van der Waals surface area contributed by atoms with Crippen molar-refractivity contribution >= 4 is 12.1 Å². The van der Waals surface area contributed by atoms with Crippen molar-refractivity contribution in [2.75, 3.05) is 7.11 Å². The molecule has 0 bridgehead atoms. The van der Waals surface area contributed by atoms with E-state index in [1.807, 2.05) is 65.0 Å².